The van der Waals surface area contributed by atoms with Crippen LogP contribution in [0, 0.1) is 0 Å². The third-order valence-electron chi connectivity index (χ3n) is 4.11. The van der Waals surface area contributed by atoms with E-state index in [-0.39, 0.29) is 30.5 Å². The van der Waals surface area contributed by atoms with E-state index in [4.69, 9.17) is 0 Å². The number of ketones is 1. The van der Waals surface area contributed by atoms with Crippen molar-refractivity contribution < 1.29 is 27.5 Å². The Labute approximate surface area is 160 Å². The Balaban J connectivity index is 2.46. The SMILES string of the molecule is COC(=O)CCCC(=O)Nc1ccc(CCC(C)S(=O)(=O)CC(C)=O)cc1. The van der Waals surface area contributed by atoms with E-state index in [1.54, 1.807) is 19.1 Å². The lowest BCUT2D eigenvalue weighted by Gasteiger charge is -2.12. The zero-order valence-corrected chi connectivity index (χ0v) is 16.8. The van der Waals surface area contributed by atoms with Gasteiger partial charge in [0.2, 0.25) is 5.91 Å². The number of amides is 1. The maximum atomic E-state index is 12.0. The first-order chi connectivity index (χ1) is 12.6. The van der Waals surface area contributed by atoms with Crippen molar-refractivity contribution in [2.45, 2.75) is 51.2 Å². The van der Waals surface area contributed by atoms with E-state index in [0.29, 0.717) is 24.9 Å². The van der Waals surface area contributed by atoms with Gasteiger partial charge in [-0.15, -0.1) is 0 Å². The maximum Gasteiger partial charge on any atom is 0.305 e. The Morgan fingerprint density at radius 2 is 1.74 bits per heavy atom. The number of rotatable bonds is 11. The summed E-state index contributed by atoms with van der Waals surface area (Å²) in [4.78, 5) is 33.9. The first-order valence-electron chi connectivity index (χ1n) is 8.80. The number of carbonyl (C=O) groups excluding carboxylic acids is 3. The van der Waals surface area contributed by atoms with Crippen LogP contribution in [0.5, 0.6) is 0 Å². The van der Waals surface area contributed by atoms with Crippen molar-refractivity contribution >= 4 is 33.2 Å². The molecule has 0 aliphatic rings. The molecule has 1 unspecified atom stereocenters. The Bertz CT molecular complexity index is 755. The van der Waals surface area contributed by atoms with Gasteiger partial charge in [0, 0.05) is 18.5 Å². The lowest BCUT2D eigenvalue weighted by Crippen LogP contribution is -2.25. The minimum Gasteiger partial charge on any atom is -0.469 e. The zero-order valence-electron chi connectivity index (χ0n) is 16.0. The van der Waals surface area contributed by atoms with Crippen LogP contribution in [0.3, 0.4) is 0 Å². The van der Waals surface area contributed by atoms with Crippen LogP contribution in [-0.4, -0.2) is 44.2 Å². The van der Waals surface area contributed by atoms with Gasteiger partial charge in [0.25, 0.3) is 0 Å². The monoisotopic (exact) mass is 397 g/mol. The van der Waals surface area contributed by atoms with Gasteiger partial charge < -0.3 is 10.1 Å². The number of ether oxygens (including phenoxy) is 1. The molecule has 0 aromatic heterocycles. The van der Waals surface area contributed by atoms with Gasteiger partial charge >= 0.3 is 5.97 Å². The summed E-state index contributed by atoms with van der Waals surface area (Å²) in [7, 11) is -2.10. The number of esters is 1. The summed E-state index contributed by atoms with van der Waals surface area (Å²) in [6.07, 6.45) is 1.83. The molecule has 27 heavy (non-hydrogen) atoms. The molecule has 8 heteroatoms. The third kappa shape index (κ3) is 8.81. The van der Waals surface area contributed by atoms with Crippen LogP contribution < -0.4 is 5.32 Å². The topological polar surface area (TPSA) is 107 Å². The average Bonchev–Trinajstić information content (AvgIpc) is 2.59. The largest absolute Gasteiger partial charge is 0.469 e. The minimum absolute atomic E-state index is 0.185. The predicted molar refractivity (Wildman–Crippen MR) is 103 cm³/mol. The standard InChI is InChI=1S/C19H27NO6S/c1-14(21)13-27(24,25)15(2)7-8-16-9-11-17(12-10-16)20-18(22)5-4-6-19(23)26-3/h9-12,15H,4-8,13H2,1-3H3,(H,20,22). The van der Waals surface area contributed by atoms with E-state index >= 15 is 0 Å². The minimum atomic E-state index is -3.41. The Hall–Kier alpha value is -2.22. The van der Waals surface area contributed by atoms with Crippen molar-refractivity contribution in [2.75, 3.05) is 18.2 Å². The van der Waals surface area contributed by atoms with Gasteiger partial charge in [0.05, 0.1) is 12.4 Å². The summed E-state index contributed by atoms with van der Waals surface area (Å²) in [6.45, 7) is 2.88. The lowest BCUT2D eigenvalue weighted by atomic mass is 10.1. The summed E-state index contributed by atoms with van der Waals surface area (Å²) < 4.78 is 28.5. The van der Waals surface area contributed by atoms with Gasteiger partial charge in [-0.05, 0) is 50.8 Å². The molecule has 150 valence electrons. The first-order valence-corrected chi connectivity index (χ1v) is 10.5. The van der Waals surface area contributed by atoms with Crippen LogP contribution in [-0.2, 0) is 35.4 Å². The number of aryl methyl sites for hydroxylation is 1. The maximum absolute atomic E-state index is 12.0. The summed E-state index contributed by atoms with van der Waals surface area (Å²) in [5, 5.41) is 2.16. The molecule has 0 radical (unpaired) electrons. The third-order valence-corrected chi connectivity index (χ3v) is 6.38. The number of anilines is 1. The molecule has 1 rings (SSSR count). The fourth-order valence-corrected chi connectivity index (χ4v) is 3.78. The Morgan fingerprint density at radius 1 is 1.11 bits per heavy atom. The molecule has 0 bridgehead atoms. The normalized spacial score (nSPS) is 12.3. The second kappa shape index (κ2) is 10.8. The number of benzene rings is 1. The van der Waals surface area contributed by atoms with E-state index in [1.165, 1.54) is 14.0 Å². The van der Waals surface area contributed by atoms with Crippen LogP contribution in [0.1, 0.15) is 45.1 Å². The van der Waals surface area contributed by atoms with Crippen molar-refractivity contribution in [2.24, 2.45) is 0 Å². The molecule has 0 aliphatic heterocycles. The predicted octanol–water partition coefficient (Wildman–Crippen LogP) is 2.29. The molecule has 0 spiro atoms. The molecule has 7 nitrogen and oxygen atoms in total. The molecule has 1 aromatic carbocycles. The lowest BCUT2D eigenvalue weighted by molar-refractivity contribution is -0.140. The first kappa shape index (κ1) is 22.8. The molecule has 1 atom stereocenters. The highest BCUT2D eigenvalue weighted by molar-refractivity contribution is 7.92. The molecule has 1 amide bonds. The molecule has 0 saturated carbocycles. The van der Waals surface area contributed by atoms with E-state index in [9.17, 15) is 22.8 Å². The Morgan fingerprint density at radius 3 is 2.30 bits per heavy atom. The summed E-state index contributed by atoms with van der Waals surface area (Å²) in [6, 6.07) is 7.16. The van der Waals surface area contributed by atoms with Gasteiger partial charge in [-0.2, -0.15) is 0 Å². The zero-order chi connectivity index (χ0) is 20.4. The molecular weight excluding hydrogens is 370 g/mol. The van der Waals surface area contributed by atoms with Crippen molar-refractivity contribution in [3.05, 3.63) is 29.8 Å². The number of carbonyl (C=O) groups is 3. The number of hydrogen-bond acceptors (Lipinski definition) is 6. The molecular formula is C19H27NO6S. The molecule has 0 fully saturated rings. The smallest absolute Gasteiger partial charge is 0.305 e. The fourth-order valence-electron chi connectivity index (χ4n) is 2.45. The van der Waals surface area contributed by atoms with E-state index in [1.807, 2.05) is 12.1 Å². The number of nitrogens with one attached hydrogen (secondary N) is 1. The van der Waals surface area contributed by atoms with E-state index in [2.05, 4.69) is 10.1 Å². The number of hydrogen-bond donors (Lipinski definition) is 1. The highest BCUT2D eigenvalue weighted by Gasteiger charge is 2.22. The van der Waals surface area contributed by atoms with E-state index < -0.39 is 20.8 Å². The van der Waals surface area contributed by atoms with Crippen LogP contribution in [0.2, 0.25) is 0 Å². The average molecular weight is 397 g/mol. The van der Waals surface area contributed by atoms with Crippen molar-refractivity contribution in [3.63, 3.8) is 0 Å². The van der Waals surface area contributed by atoms with Crippen LogP contribution >= 0.6 is 0 Å². The van der Waals surface area contributed by atoms with Gasteiger partial charge in [0.15, 0.2) is 9.84 Å². The summed E-state index contributed by atoms with van der Waals surface area (Å²) in [5.41, 5.74) is 1.59. The highest BCUT2D eigenvalue weighted by Crippen LogP contribution is 2.15. The van der Waals surface area contributed by atoms with Gasteiger partial charge in [-0.25, -0.2) is 8.42 Å². The fraction of sp³-hybridized carbons (Fsp3) is 0.526. The number of sulfone groups is 1. The van der Waals surface area contributed by atoms with Crippen LogP contribution in [0.25, 0.3) is 0 Å². The van der Waals surface area contributed by atoms with Crippen LogP contribution in [0.15, 0.2) is 24.3 Å². The van der Waals surface area contributed by atoms with E-state index in [0.717, 1.165) is 5.56 Å². The number of methoxy groups -OCH3 is 1. The second-order valence-corrected chi connectivity index (χ2v) is 8.95. The molecule has 0 heterocycles. The van der Waals surface area contributed by atoms with Crippen LogP contribution in [0.4, 0.5) is 5.69 Å². The summed E-state index contributed by atoms with van der Waals surface area (Å²) >= 11 is 0. The molecule has 1 N–H and O–H groups in total. The van der Waals surface area contributed by atoms with Gasteiger partial charge in [-0.3, -0.25) is 14.4 Å². The van der Waals surface area contributed by atoms with Gasteiger partial charge in [0.1, 0.15) is 11.5 Å². The molecule has 1 aromatic rings. The van der Waals surface area contributed by atoms with Crippen molar-refractivity contribution in [1.29, 1.82) is 0 Å². The quantitative estimate of drug-likeness (QED) is 0.574. The number of Topliss-reactive ketones (excluding diaryl/α,β-unsaturated/α-hetero) is 1. The Kier molecular flexibility index (Phi) is 9.14. The molecule has 0 saturated heterocycles. The van der Waals surface area contributed by atoms with Crippen molar-refractivity contribution in [3.8, 4) is 0 Å². The second-order valence-electron chi connectivity index (χ2n) is 6.53. The summed E-state index contributed by atoms with van der Waals surface area (Å²) in [5.74, 6) is -1.30. The van der Waals surface area contributed by atoms with Gasteiger partial charge in [-0.1, -0.05) is 12.1 Å². The highest BCUT2D eigenvalue weighted by atomic mass is 32.2. The van der Waals surface area contributed by atoms with Crippen molar-refractivity contribution in [1.82, 2.24) is 0 Å². The molecule has 0 aliphatic carbocycles.